The Labute approximate surface area is 208 Å². The lowest BCUT2D eigenvalue weighted by molar-refractivity contribution is -0.138. The van der Waals surface area contributed by atoms with Crippen molar-refractivity contribution >= 4 is 17.5 Å². The quantitative estimate of drug-likeness (QED) is 0.569. The Morgan fingerprint density at radius 1 is 0.973 bits per heavy atom. The van der Waals surface area contributed by atoms with Crippen LogP contribution in [0.25, 0.3) is 0 Å². The minimum absolute atomic E-state index is 0.00575. The van der Waals surface area contributed by atoms with Gasteiger partial charge in [0, 0.05) is 57.7 Å². The Balaban J connectivity index is 1.25. The summed E-state index contributed by atoms with van der Waals surface area (Å²) < 4.78 is 77.7. The number of hydrogen-bond acceptors (Lipinski definition) is 8. The highest BCUT2D eigenvalue weighted by Crippen LogP contribution is 2.34. The van der Waals surface area contributed by atoms with Gasteiger partial charge in [-0.05, 0) is 19.9 Å². The average molecular weight is 532 g/mol. The normalized spacial score (nSPS) is 20.2. The van der Waals surface area contributed by atoms with E-state index in [2.05, 4.69) is 25.5 Å². The number of amides is 1. The molecule has 2 fully saturated rings. The van der Waals surface area contributed by atoms with E-state index in [0.29, 0.717) is 58.4 Å². The van der Waals surface area contributed by atoms with Crippen LogP contribution in [0.5, 0.6) is 0 Å². The predicted molar refractivity (Wildman–Crippen MR) is 120 cm³/mol. The second-order valence-corrected chi connectivity index (χ2v) is 9.19. The fourth-order valence-corrected chi connectivity index (χ4v) is 4.58. The van der Waals surface area contributed by atoms with Gasteiger partial charge in [-0.3, -0.25) is 4.79 Å². The number of carbonyl (C=O) groups excluding carboxylic acids is 1. The Morgan fingerprint density at radius 2 is 1.62 bits per heavy atom. The van der Waals surface area contributed by atoms with Gasteiger partial charge in [-0.25, -0.2) is 9.97 Å². The molecule has 0 radical (unpaired) electrons. The number of alkyl halides is 6. The molecule has 37 heavy (non-hydrogen) atoms. The van der Waals surface area contributed by atoms with Gasteiger partial charge in [0.25, 0.3) is 0 Å². The molecule has 0 unspecified atom stereocenters. The first kappa shape index (κ1) is 26.8. The molecule has 2 aliphatic rings. The average Bonchev–Trinajstić information content (AvgIpc) is 3.31. The topological polar surface area (TPSA) is 90.4 Å². The molecule has 2 aliphatic heterocycles. The number of carbonyl (C=O) groups is 1. The van der Waals surface area contributed by atoms with E-state index in [1.54, 1.807) is 16.7 Å². The number of nitrogens with zero attached hydrogens (tertiary/aromatic N) is 7. The van der Waals surface area contributed by atoms with Gasteiger partial charge in [0.05, 0.1) is 29.6 Å². The Hall–Kier alpha value is -3.23. The highest BCUT2D eigenvalue weighted by molar-refractivity contribution is 5.79. The molecule has 0 aromatic carbocycles. The summed E-state index contributed by atoms with van der Waals surface area (Å²) in [5, 5.41) is 9.70. The lowest BCUT2D eigenvalue weighted by Crippen LogP contribution is -2.51. The van der Waals surface area contributed by atoms with Crippen LogP contribution in [0.1, 0.15) is 24.5 Å². The van der Waals surface area contributed by atoms with E-state index in [9.17, 15) is 31.1 Å². The van der Waals surface area contributed by atoms with Gasteiger partial charge in [-0.2, -0.15) is 36.5 Å². The maximum Gasteiger partial charge on any atom is 0.420 e. The van der Waals surface area contributed by atoms with Crippen molar-refractivity contribution < 1.29 is 31.1 Å². The Morgan fingerprint density at radius 3 is 2.24 bits per heavy atom. The fourth-order valence-electron chi connectivity index (χ4n) is 4.58. The van der Waals surface area contributed by atoms with E-state index in [-0.39, 0.29) is 29.5 Å². The van der Waals surface area contributed by atoms with Crippen LogP contribution in [0.3, 0.4) is 0 Å². The van der Waals surface area contributed by atoms with E-state index < -0.39 is 23.5 Å². The van der Waals surface area contributed by atoms with Crippen molar-refractivity contribution in [2.75, 3.05) is 56.0 Å². The zero-order chi connectivity index (χ0) is 26.8. The third kappa shape index (κ3) is 6.56. The summed E-state index contributed by atoms with van der Waals surface area (Å²) in [5.41, 5.74) is -1.94. The van der Waals surface area contributed by atoms with Crippen molar-refractivity contribution in [1.82, 2.24) is 30.0 Å². The van der Waals surface area contributed by atoms with Crippen LogP contribution in [0.15, 0.2) is 24.8 Å². The summed E-state index contributed by atoms with van der Waals surface area (Å²) in [7, 11) is 0. The largest absolute Gasteiger partial charge is 0.420 e. The first-order valence-electron chi connectivity index (χ1n) is 11.7. The fraction of sp³-hybridized carbons (Fsp3) is 0.591. The van der Waals surface area contributed by atoms with Gasteiger partial charge in [0.2, 0.25) is 11.9 Å². The minimum atomic E-state index is -4.55. The standard InChI is InChI=1S/C22H26F6N8O/c1-14(33-18-11-32-31-10-17(18)22(26,27)28)12-34-3-2-15(13-34)19(37)35-4-6-36(7-5-35)20-29-8-16(9-30-20)21(23,24)25/h8-11,14-15H,2-7,12-13H2,1H3,(H,31,33)/t14-,15-/m0/s1. The molecular weight excluding hydrogens is 506 g/mol. The lowest BCUT2D eigenvalue weighted by Gasteiger charge is -2.36. The van der Waals surface area contributed by atoms with Gasteiger partial charge in [-0.15, -0.1) is 0 Å². The first-order valence-corrected chi connectivity index (χ1v) is 11.7. The number of piperazine rings is 1. The summed E-state index contributed by atoms with van der Waals surface area (Å²) in [5.74, 6) is -0.0464. The molecule has 1 N–H and O–H groups in total. The molecule has 0 spiro atoms. The number of nitrogens with one attached hydrogen (secondary N) is 1. The van der Waals surface area contributed by atoms with E-state index in [1.165, 1.54) is 0 Å². The summed E-state index contributed by atoms with van der Waals surface area (Å²) in [6.45, 7) is 4.93. The molecule has 4 rings (SSSR count). The second kappa shape index (κ2) is 10.6. The SMILES string of the molecule is C[C@@H](CN1CC[C@H](C(=O)N2CCN(c3ncc(C(F)(F)F)cn3)CC2)C1)Nc1cnncc1C(F)(F)F. The summed E-state index contributed by atoms with van der Waals surface area (Å²) in [6.07, 6.45) is -5.19. The molecule has 1 amide bonds. The van der Waals surface area contributed by atoms with Crippen molar-refractivity contribution in [3.8, 4) is 0 Å². The molecule has 0 saturated carbocycles. The van der Waals surface area contributed by atoms with Crippen LogP contribution in [0, 0.1) is 5.92 Å². The molecule has 0 aliphatic carbocycles. The zero-order valence-electron chi connectivity index (χ0n) is 19.9. The van der Waals surface area contributed by atoms with Crippen molar-refractivity contribution in [3.63, 3.8) is 0 Å². The molecule has 0 bridgehead atoms. The van der Waals surface area contributed by atoms with E-state index >= 15 is 0 Å². The van der Waals surface area contributed by atoms with Gasteiger partial charge >= 0.3 is 12.4 Å². The monoisotopic (exact) mass is 532 g/mol. The zero-order valence-corrected chi connectivity index (χ0v) is 19.9. The summed E-state index contributed by atoms with van der Waals surface area (Å²) in [4.78, 5) is 26.2. The number of likely N-dealkylation sites (tertiary alicyclic amines) is 1. The van der Waals surface area contributed by atoms with Gasteiger partial charge in [-0.1, -0.05) is 0 Å². The molecule has 4 heterocycles. The van der Waals surface area contributed by atoms with Crippen LogP contribution in [-0.4, -0.2) is 87.7 Å². The number of anilines is 2. The Bertz CT molecular complexity index is 1070. The Kier molecular flexibility index (Phi) is 7.71. The maximum absolute atomic E-state index is 13.2. The van der Waals surface area contributed by atoms with Gasteiger partial charge in [0.15, 0.2) is 0 Å². The third-order valence-corrected chi connectivity index (χ3v) is 6.43. The number of aromatic nitrogens is 4. The van der Waals surface area contributed by atoms with Crippen molar-refractivity contribution in [3.05, 3.63) is 35.9 Å². The van der Waals surface area contributed by atoms with Crippen LogP contribution in [-0.2, 0) is 17.1 Å². The maximum atomic E-state index is 13.2. The molecular formula is C22H26F6N8O. The molecule has 2 saturated heterocycles. The third-order valence-electron chi connectivity index (χ3n) is 6.43. The molecule has 2 atom stereocenters. The molecule has 2 aromatic heterocycles. The van der Waals surface area contributed by atoms with Crippen LogP contribution >= 0.6 is 0 Å². The van der Waals surface area contributed by atoms with Crippen molar-refractivity contribution in [1.29, 1.82) is 0 Å². The van der Waals surface area contributed by atoms with Crippen molar-refractivity contribution in [2.24, 2.45) is 5.92 Å². The summed E-state index contributed by atoms with van der Waals surface area (Å²) >= 11 is 0. The number of rotatable bonds is 6. The van der Waals surface area contributed by atoms with E-state index in [4.69, 9.17) is 0 Å². The molecule has 2 aromatic rings. The van der Waals surface area contributed by atoms with Crippen molar-refractivity contribution in [2.45, 2.75) is 31.7 Å². The predicted octanol–water partition coefficient (Wildman–Crippen LogP) is 2.78. The second-order valence-electron chi connectivity index (χ2n) is 9.19. The number of hydrogen-bond donors (Lipinski definition) is 1. The minimum Gasteiger partial charge on any atom is -0.379 e. The van der Waals surface area contributed by atoms with Crippen LogP contribution in [0.4, 0.5) is 38.0 Å². The molecule has 202 valence electrons. The molecule has 15 heteroatoms. The highest BCUT2D eigenvalue weighted by Gasteiger charge is 2.36. The van der Waals surface area contributed by atoms with Crippen LogP contribution in [0.2, 0.25) is 0 Å². The van der Waals surface area contributed by atoms with Gasteiger partial charge in [0.1, 0.15) is 5.56 Å². The molecule has 9 nitrogen and oxygen atoms in total. The summed E-state index contributed by atoms with van der Waals surface area (Å²) in [6, 6.07) is -0.327. The highest BCUT2D eigenvalue weighted by atomic mass is 19.4. The lowest BCUT2D eigenvalue weighted by atomic mass is 10.1. The smallest absolute Gasteiger partial charge is 0.379 e. The van der Waals surface area contributed by atoms with Gasteiger partial charge < -0.3 is 20.0 Å². The number of halogens is 6. The van der Waals surface area contributed by atoms with Crippen LogP contribution < -0.4 is 10.2 Å². The van der Waals surface area contributed by atoms with E-state index in [0.717, 1.165) is 18.6 Å². The first-order chi connectivity index (χ1) is 17.4. The van der Waals surface area contributed by atoms with E-state index in [1.807, 2.05) is 4.90 Å².